The van der Waals surface area contributed by atoms with Crippen molar-refractivity contribution in [3.05, 3.63) is 35.9 Å². The Morgan fingerprint density at radius 3 is 1.94 bits per heavy atom. The largest absolute Gasteiger partial charge is 0.330 e. The zero-order chi connectivity index (χ0) is 12.6. The third-order valence-corrected chi connectivity index (χ3v) is 2.98. The molecule has 0 unspecified atom stereocenters. The van der Waals surface area contributed by atoms with E-state index in [1.165, 1.54) is 5.56 Å². The molecule has 0 saturated carbocycles. The molecule has 0 aromatic heterocycles. The van der Waals surface area contributed by atoms with E-state index in [1.54, 1.807) is 0 Å². The lowest BCUT2D eigenvalue weighted by atomic mass is 9.75. The lowest BCUT2D eigenvalue weighted by Gasteiger charge is -2.29. The van der Waals surface area contributed by atoms with Gasteiger partial charge in [-0.15, -0.1) is 23.7 Å². The van der Waals surface area contributed by atoms with Crippen molar-refractivity contribution in [1.29, 1.82) is 0 Å². The second kappa shape index (κ2) is 6.79. The molecule has 0 radical (unpaired) electrons. The molecule has 17 heavy (non-hydrogen) atoms. The highest BCUT2D eigenvalue weighted by Gasteiger charge is 2.28. The van der Waals surface area contributed by atoms with Gasteiger partial charge >= 0.3 is 0 Å². The van der Waals surface area contributed by atoms with Gasteiger partial charge in [-0.1, -0.05) is 30.3 Å². The summed E-state index contributed by atoms with van der Waals surface area (Å²) in [5.41, 5.74) is 7.08. The molecular formula is C16H19N. The van der Waals surface area contributed by atoms with E-state index >= 15 is 0 Å². The van der Waals surface area contributed by atoms with Crippen LogP contribution >= 0.6 is 0 Å². The Morgan fingerprint density at radius 1 is 1.00 bits per heavy atom. The molecule has 2 N–H and O–H groups in total. The number of nitrogens with two attached hydrogens (primary N) is 1. The monoisotopic (exact) mass is 225 g/mol. The van der Waals surface area contributed by atoms with Crippen molar-refractivity contribution in [2.45, 2.75) is 32.1 Å². The lowest BCUT2D eigenvalue weighted by molar-refractivity contribution is 0.461. The fourth-order valence-electron chi connectivity index (χ4n) is 1.84. The number of hydrogen-bond donors (Lipinski definition) is 1. The highest BCUT2D eigenvalue weighted by Crippen LogP contribution is 2.30. The van der Waals surface area contributed by atoms with E-state index in [2.05, 4.69) is 35.8 Å². The van der Waals surface area contributed by atoms with Crippen LogP contribution in [-0.4, -0.2) is 6.54 Å². The first-order valence-corrected chi connectivity index (χ1v) is 5.84. The van der Waals surface area contributed by atoms with Crippen LogP contribution in [0.4, 0.5) is 0 Å². The van der Waals surface area contributed by atoms with Crippen LogP contribution < -0.4 is 5.73 Å². The Morgan fingerprint density at radius 2 is 1.53 bits per heavy atom. The molecule has 0 amide bonds. The summed E-state index contributed by atoms with van der Waals surface area (Å²) in [7, 11) is 0. The van der Waals surface area contributed by atoms with Crippen molar-refractivity contribution >= 4 is 0 Å². The molecule has 0 saturated heterocycles. The molecule has 0 heterocycles. The van der Waals surface area contributed by atoms with Crippen molar-refractivity contribution in [1.82, 2.24) is 0 Å². The highest BCUT2D eigenvalue weighted by atomic mass is 14.6. The molecule has 0 aliphatic heterocycles. The van der Waals surface area contributed by atoms with E-state index in [9.17, 15) is 0 Å². The van der Waals surface area contributed by atoms with Gasteiger partial charge < -0.3 is 5.73 Å². The van der Waals surface area contributed by atoms with Gasteiger partial charge in [-0.25, -0.2) is 0 Å². The Labute approximate surface area is 104 Å². The standard InChI is InChI=1S/C16H19N/c1-3-5-12-16(14-17,13-6-4-2)15-10-8-7-9-11-15/h7-11H,12-14,17H2,1-2H3. The third-order valence-electron chi connectivity index (χ3n) is 2.98. The maximum Gasteiger partial charge on any atom is 0.0294 e. The Bertz CT molecular complexity index is 429. The van der Waals surface area contributed by atoms with Crippen molar-refractivity contribution < 1.29 is 0 Å². The van der Waals surface area contributed by atoms with Gasteiger partial charge in [0.05, 0.1) is 0 Å². The second-order valence-electron chi connectivity index (χ2n) is 4.06. The van der Waals surface area contributed by atoms with Crippen LogP contribution in [0.3, 0.4) is 0 Å². The highest BCUT2D eigenvalue weighted by molar-refractivity contribution is 5.30. The molecule has 0 bridgehead atoms. The third kappa shape index (κ3) is 3.38. The fraction of sp³-hybridized carbons (Fsp3) is 0.375. The second-order valence-corrected chi connectivity index (χ2v) is 4.06. The van der Waals surface area contributed by atoms with Crippen molar-refractivity contribution in [3.8, 4) is 23.7 Å². The summed E-state index contributed by atoms with van der Waals surface area (Å²) in [6.07, 6.45) is 1.53. The summed E-state index contributed by atoms with van der Waals surface area (Å²) in [4.78, 5) is 0. The van der Waals surface area contributed by atoms with E-state index < -0.39 is 0 Å². The molecule has 0 fully saturated rings. The number of rotatable bonds is 4. The lowest BCUT2D eigenvalue weighted by Crippen LogP contribution is -2.34. The van der Waals surface area contributed by atoms with E-state index in [0.717, 1.165) is 12.8 Å². The summed E-state index contributed by atoms with van der Waals surface area (Å²) in [5.74, 6) is 12.2. The molecule has 0 spiro atoms. The van der Waals surface area contributed by atoms with Crippen LogP contribution in [-0.2, 0) is 5.41 Å². The van der Waals surface area contributed by atoms with Crippen molar-refractivity contribution in [2.75, 3.05) is 6.54 Å². The Kier molecular flexibility index (Phi) is 5.34. The molecule has 0 atom stereocenters. The van der Waals surface area contributed by atoms with Gasteiger partial charge in [0, 0.05) is 24.8 Å². The van der Waals surface area contributed by atoms with Gasteiger partial charge in [0.25, 0.3) is 0 Å². The zero-order valence-electron chi connectivity index (χ0n) is 10.6. The topological polar surface area (TPSA) is 26.0 Å². The summed E-state index contributed by atoms with van der Waals surface area (Å²) < 4.78 is 0. The summed E-state index contributed by atoms with van der Waals surface area (Å²) in [6, 6.07) is 10.3. The minimum absolute atomic E-state index is 0.132. The predicted molar refractivity (Wildman–Crippen MR) is 73.3 cm³/mol. The summed E-state index contributed by atoms with van der Waals surface area (Å²) >= 11 is 0. The Hall–Kier alpha value is -1.70. The van der Waals surface area contributed by atoms with Crippen molar-refractivity contribution in [2.24, 2.45) is 5.73 Å². The average molecular weight is 225 g/mol. The van der Waals surface area contributed by atoms with Crippen LogP contribution in [0.2, 0.25) is 0 Å². The molecule has 1 nitrogen and oxygen atoms in total. The molecule has 0 aliphatic rings. The first-order chi connectivity index (χ1) is 8.29. The van der Waals surface area contributed by atoms with Gasteiger partial charge in [-0.2, -0.15) is 0 Å². The van der Waals surface area contributed by atoms with Gasteiger partial charge in [0.15, 0.2) is 0 Å². The van der Waals surface area contributed by atoms with Gasteiger partial charge in [0.2, 0.25) is 0 Å². The van der Waals surface area contributed by atoms with E-state index in [0.29, 0.717) is 6.54 Å². The summed E-state index contributed by atoms with van der Waals surface area (Å²) in [5, 5.41) is 0. The predicted octanol–water partition coefficient (Wildman–Crippen LogP) is 2.71. The van der Waals surface area contributed by atoms with Gasteiger partial charge in [-0.05, 0) is 19.4 Å². The minimum Gasteiger partial charge on any atom is -0.330 e. The molecule has 1 aromatic carbocycles. The summed E-state index contributed by atoms with van der Waals surface area (Å²) in [6.45, 7) is 4.29. The van der Waals surface area contributed by atoms with Gasteiger partial charge in [-0.3, -0.25) is 0 Å². The fourth-order valence-corrected chi connectivity index (χ4v) is 1.84. The van der Waals surface area contributed by atoms with Crippen LogP contribution in [0, 0.1) is 23.7 Å². The smallest absolute Gasteiger partial charge is 0.0294 e. The number of benzene rings is 1. The van der Waals surface area contributed by atoms with Crippen LogP contribution in [0.1, 0.15) is 32.3 Å². The van der Waals surface area contributed by atoms with Crippen LogP contribution in [0.5, 0.6) is 0 Å². The van der Waals surface area contributed by atoms with Gasteiger partial charge in [0.1, 0.15) is 0 Å². The van der Waals surface area contributed by atoms with E-state index in [4.69, 9.17) is 5.73 Å². The maximum absolute atomic E-state index is 5.99. The van der Waals surface area contributed by atoms with Crippen molar-refractivity contribution in [3.63, 3.8) is 0 Å². The van der Waals surface area contributed by atoms with E-state index in [1.807, 2.05) is 32.0 Å². The van der Waals surface area contributed by atoms with Crippen LogP contribution in [0.15, 0.2) is 30.3 Å². The quantitative estimate of drug-likeness (QED) is 0.783. The average Bonchev–Trinajstić information content (AvgIpc) is 2.41. The van der Waals surface area contributed by atoms with Crippen LogP contribution in [0.25, 0.3) is 0 Å². The normalized spacial score (nSPS) is 9.82. The van der Waals surface area contributed by atoms with E-state index in [-0.39, 0.29) is 5.41 Å². The molecule has 1 aromatic rings. The first-order valence-electron chi connectivity index (χ1n) is 5.84. The molecule has 1 heteroatoms. The molecular weight excluding hydrogens is 206 g/mol. The zero-order valence-corrected chi connectivity index (χ0v) is 10.6. The number of hydrogen-bond acceptors (Lipinski definition) is 1. The molecule has 1 rings (SSSR count). The maximum atomic E-state index is 5.99. The first kappa shape index (κ1) is 13.4. The Balaban J connectivity index is 3.11. The SMILES string of the molecule is CC#CCC(CN)(CC#CC)c1ccccc1. The molecule has 0 aliphatic carbocycles. The molecule has 88 valence electrons. The minimum atomic E-state index is -0.132.